The van der Waals surface area contributed by atoms with Crippen molar-refractivity contribution in [3.8, 4) is 5.75 Å². The highest BCUT2D eigenvalue weighted by molar-refractivity contribution is 9.10. The Labute approximate surface area is 122 Å². The first-order valence-electron chi connectivity index (χ1n) is 6.24. The van der Waals surface area contributed by atoms with Gasteiger partial charge in [-0.1, -0.05) is 51.8 Å². The molecular weight excluding hydrogens is 302 g/mol. The Kier molecular flexibility index (Phi) is 4.61. The smallest absolute Gasteiger partial charge is 0.120 e. The van der Waals surface area contributed by atoms with E-state index in [1.165, 1.54) is 11.1 Å². The van der Waals surface area contributed by atoms with Crippen LogP contribution in [-0.2, 0) is 6.42 Å². The number of hydrogen-bond donors (Lipinski definition) is 1. The zero-order valence-electron chi connectivity index (χ0n) is 11.2. The fourth-order valence-electron chi connectivity index (χ4n) is 2.02. The maximum atomic E-state index is 6.29. The van der Waals surface area contributed by atoms with Gasteiger partial charge in [-0.25, -0.2) is 0 Å². The molecule has 2 N–H and O–H groups in total. The Morgan fingerprint density at radius 3 is 2.42 bits per heavy atom. The third-order valence-electron chi connectivity index (χ3n) is 3.18. The van der Waals surface area contributed by atoms with Crippen LogP contribution in [0.15, 0.2) is 46.9 Å². The fraction of sp³-hybridized carbons (Fsp3) is 0.250. The van der Waals surface area contributed by atoms with E-state index in [-0.39, 0.29) is 6.04 Å². The summed E-state index contributed by atoms with van der Waals surface area (Å²) in [5, 5.41) is 0. The number of halogens is 1. The average molecular weight is 320 g/mol. The Balaban J connectivity index is 2.15. The van der Waals surface area contributed by atoms with Gasteiger partial charge in [0, 0.05) is 10.5 Å². The van der Waals surface area contributed by atoms with Crippen LogP contribution in [0.25, 0.3) is 0 Å². The molecule has 0 aromatic heterocycles. The lowest BCUT2D eigenvalue weighted by Crippen LogP contribution is -2.14. The summed E-state index contributed by atoms with van der Waals surface area (Å²) >= 11 is 3.55. The van der Waals surface area contributed by atoms with E-state index in [1.54, 1.807) is 7.11 Å². The molecule has 2 aromatic rings. The van der Waals surface area contributed by atoms with Crippen molar-refractivity contribution in [2.45, 2.75) is 19.4 Å². The molecule has 2 rings (SSSR count). The molecule has 0 bridgehead atoms. The largest absolute Gasteiger partial charge is 0.497 e. The van der Waals surface area contributed by atoms with E-state index in [2.05, 4.69) is 47.1 Å². The number of benzene rings is 2. The lowest BCUT2D eigenvalue weighted by atomic mass is 9.99. The first kappa shape index (κ1) is 14.1. The molecule has 2 nitrogen and oxygen atoms in total. The van der Waals surface area contributed by atoms with E-state index >= 15 is 0 Å². The molecule has 0 radical (unpaired) electrons. The minimum atomic E-state index is -0.0250. The topological polar surface area (TPSA) is 35.2 Å². The van der Waals surface area contributed by atoms with E-state index in [4.69, 9.17) is 10.5 Å². The summed E-state index contributed by atoms with van der Waals surface area (Å²) in [6.07, 6.45) is 0.825. The first-order valence-corrected chi connectivity index (χ1v) is 7.04. The monoisotopic (exact) mass is 319 g/mol. The van der Waals surface area contributed by atoms with Crippen molar-refractivity contribution in [2.75, 3.05) is 7.11 Å². The molecule has 0 saturated carbocycles. The summed E-state index contributed by atoms with van der Waals surface area (Å²) < 4.78 is 6.18. The van der Waals surface area contributed by atoms with Crippen LogP contribution in [-0.4, -0.2) is 7.11 Å². The van der Waals surface area contributed by atoms with Crippen molar-refractivity contribution >= 4 is 15.9 Å². The Hall–Kier alpha value is -1.32. The summed E-state index contributed by atoms with van der Waals surface area (Å²) in [6, 6.07) is 14.4. The van der Waals surface area contributed by atoms with Gasteiger partial charge in [0.05, 0.1) is 7.11 Å². The molecule has 0 fully saturated rings. The van der Waals surface area contributed by atoms with Gasteiger partial charge in [-0.15, -0.1) is 0 Å². The van der Waals surface area contributed by atoms with Gasteiger partial charge in [-0.3, -0.25) is 0 Å². The van der Waals surface area contributed by atoms with Gasteiger partial charge >= 0.3 is 0 Å². The maximum absolute atomic E-state index is 6.29. The van der Waals surface area contributed by atoms with Crippen molar-refractivity contribution in [2.24, 2.45) is 5.73 Å². The number of rotatable bonds is 4. The van der Waals surface area contributed by atoms with E-state index in [1.807, 2.05) is 18.2 Å². The minimum absolute atomic E-state index is 0.0250. The highest BCUT2D eigenvalue weighted by Gasteiger charge is 2.11. The highest BCUT2D eigenvalue weighted by atomic mass is 79.9. The van der Waals surface area contributed by atoms with Gasteiger partial charge in [0.1, 0.15) is 5.75 Å². The van der Waals surface area contributed by atoms with Gasteiger partial charge in [0.25, 0.3) is 0 Å². The molecule has 0 spiro atoms. The number of nitrogens with two attached hydrogens (primary N) is 1. The Morgan fingerprint density at radius 2 is 1.84 bits per heavy atom. The molecule has 0 heterocycles. The molecule has 0 amide bonds. The number of ether oxygens (including phenoxy) is 1. The van der Waals surface area contributed by atoms with Crippen LogP contribution >= 0.6 is 15.9 Å². The molecule has 1 unspecified atom stereocenters. The fourth-order valence-corrected chi connectivity index (χ4v) is 2.68. The van der Waals surface area contributed by atoms with Crippen LogP contribution in [0.1, 0.15) is 22.7 Å². The second-order valence-electron chi connectivity index (χ2n) is 4.68. The number of aryl methyl sites for hydroxylation is 1. The second kappa shape index (κ2) is 6.22. The van der Waals surface area contributed by atoms with Crippen molar-refractivity contribution in [3.05, 3.63) is 63.6 Å². The highest BCUT2D eigenvalue weighted by Crippen LogP contribution is 2.28. The summed E-state index contributed by atoms with van der Waals surface area (Å²) in [7, 11) is 1.66. The number of methoxy groups -OCH3 is 1. The van der Waals surface area contributed by atoms with Gasteiger partial charge < -0.3 is 10.5 Å². The van der Waals surface area contributed by atoms with E-state index in [0.717, 1.165) is 22.2 Å². The Bertz CT molecular complexity index is 551. The molecule has 0 saturated heterocycles. The van der Waals surface area contributed by atoms with Gasteiger partial charge in [-0.05, 0) is 36.6 Å². The molecule has 100 valence electrons. The lowest BCUT2D eigenvalue weighted by molar-refractivity contribution is 0.414. The van der Waals surface area contributed by atoms with Gasteiger partial charge in [0.2, 0.25) is 0 Å². The van der Waals surface area contributed by atoms with Crippen LogP contribution in [0.2, 0.25) is 0 Å². The molecule has 0 aliphatic heterocycles. The SMILES string of the molecule is COc1ccc(C(N)Cc2ccc(C)cc2)c(Br)c1. The lowest BCUT2D eigenvalue weighted by Gasteiger charge is -2.15. The first-order chi connectivity index (χ1) is 9.10. The normalized spacial score (nSPS) is 12.2. The van der Waals surface area contributed by atoms with E-state index in [0.29, 0.717) is 0 Å². The van der Waals surface area contributed by atoms with E-state index in [9.17, 15) is 0 Å². The summed E-state index contributed by atoms with van der Waals surface area (Å²) in [6.45, 7) is 2.09. The second-order valence-corrected chi connectivity index (χ2v) is 5.54. The molecular formula is C16H18BrNO. The average Bonchev–Trinajstić information content (AvgIpc) is 2.41. The van der Waals surface area contributed by atoms with Gasteiger partial charge in [0.15, 0.2) is 0 Å². The zero-order chi connectivity index (χ0) is 13.8. The third kappa shape index (κ3) is 3.58. The maximum Gasteiger partial charge on any atom is 0.120 e. The quantitative estimate of drug-likeness (QED) is 0.924. The standard InChI is InChI=1S/C16H18BrNO/c1-11-3-5-12(6-4-11)9-16(18)14-8-7-13(19-2)10-15(14)17/h3-8,10,16H,9,18H2,1-2H3. The summed E-state index contributed by atoms with van der Waals surface area (Å²) in [5.74, 6) is 0.832. The Morgan fingerprint density at radius 1 is 1.16 bits per heavy atom. The van der Waals surface area contributed by atoms with E-state index < -0.39 is 0 Å². The van der Waals surface area contributed by atoms with Crippen LogP contribution in [0, 0.1) is 6.92 Å². The molecule has 19 heavy (non-hydrogen) atoms. The predicted octanol–water partition coefficient (Wildman–Crippen LogP) is 4.01. The summed E-state index contributed by atoms with van der Waals surface area (Å²) in [5.41, 5.74) is 9.90. The van der Waals surface area contributed by atoms with Crippen LogP contribution in [0.3, 0.4) is 0 Å². The molecule has 2 aromatic carbocycles. The van der Waals surface area contributed by atoms with Crippen LogP contribution < -0.4 is 10.5 Å². The molecule has 0 aliphatic carbocycles. The molecule has 0 aliphatic rings. The third-order valence-corrected chi connectivity index (χ3v) is 3.87. The number of hydrogen-bond acceptors (Lipinski definition) is 2. The van der Waals surface area contributed by atoms with Crippen molar-refractivity contribution in [1.29, 1.82) is 0 Å². The minimum Gasteiger partial charge on any atom is -0.497 e. The summed E-state index contributed by atoms with van der Waals surface area (Å²) in [4.78, 5) is 0. The molecule has 3 heteroatoms. The van der Waals surface area contributed by atoms with Crippen molar-refractivity contribution < 1.29 is 4.74 Å². The van der Waals surface area contributed by atoms with Gasteiger partial charge in [-0.2, -0.15) is 0 Å². The van der Waals surface area contributed by atoms with Crippen molar-refractivity contribution in [3.63, 3.8) is 0 Å². The predicted molar refractivity (Wildman–Crippen MR) is 82.5 cm³/mol. The zero-order valence-corrected chi connectivity index (χ0v) is 12.8. The van der Waals surface area contributed by atoms with Crippen LogP contribution in [0.4, 0.5) is 0 Å². The van der Waals surface area contributed by atoms with Crippen molar-refractivity contribution in [1.82, 2.24) is 0 Å². The molecule has 1 atom stereocenters. The van der Waals surface area contributed by atoms with Crippen LogP contribution in [0.5, 0.6) is 5.75 Å².